The summed E-state index contributed by atoms with van der Waals surface area (Å²) in [5, 5.41) is 9.66. The fourth-order valence-corrected chi connectivity index (χ4v) is 1.90. The molecule has 0 bridgehead atoms. The molecule has 0 fully saturated rings. The summed E-state index contributed by atoms with van der Waals surface area (Å²) in [5.74, 6) is -0.253. The number of fused-ring (bicyclic) bond motifs is 1. The molecule has 15 heavy (non-hydrogen) atoms. The number of halogens is 1. The molecule has 0 amide bonds. The zero-order valence-electron chi connectivity index (χ0n) is 8.32. The van der Waals surface area contributed by atoms with Gasteiger partial charge < -0.3 is 15.6 Å². The quantitative estimate of drug-likeness (QED) is 0.759. The molecule has 82 valence electrons. The monoisotopic (exact) mass is 211 g/mol. The highest BCUT2D eigenvalue weighted by Gasteiger charge is 2.26. The van der Waals surface area contributed by atoms with Gasteiger partial charge >= 0.3 is 0 Å². The highest BCUT2D eigenvalue weighted by Crippen LogP contribution is 2.29. The van der Waals surface area contributed by atoms with E-state index in [9.17, 15) is 9.50 Å². The first-order valence-electron chi connectivity index (χ1n) is 5.00. The van der Waals surface area contributed by atoms with Gasteiger partial charge in [-0.25, -0.2) is 4.39 Å². The fourth-order valence-electron chi connectivity index (χ4n) is 1.90. The van der Waals surface area contributed by atoms with Gasteiger partial charge in [-0.3, -0.25) is 0 Å². The van der Waals surface area contributed by atoms with E-state index in [1.165, 1.54) is 12.1 Å². The van der Waals surface area contributed by atoms with Gasteiger partial charge in [0, 0.05) is 6.54 Å². The number of aliphatic hydroxyl groups excluding tert-OH is 1. The van der Waals surface area contributed by atoms with Crippen LogP contribution in [0.15, 0.2) is 18.2 Å². The first-order valence-corrected chi connectivity index (χ1v) is 5.00. The number of rotatable bonds is 2. The Hall–Kier alpha value is -0.970. The van der Waals surface area contributed by atoms with Crippen molar-refractivity contribution in [3.8, 4) is 0 Å². The van der Waals surface area contributed by atoms with Crippen molar-refractivity contribution >= 4 is 0 Å². The van der Waals surface area contributed by atoms with Crippen molar-refractivity contribution in [1.29, 1.82) is 0 Å². The average molecular weight is 211 g/mol. The minimum atomic E-state index is -0.727. The summed E-state index contributed by atoms with van der Waals surface area (Å²) in [6.45, 7) is 0.639. The summed E-state index contributed by atoms with van der Waals surface area (Å²) < 4.78 is 18.4. The standard InChI is InChI=1S/C11H14FNO2/c12-8-1-2-9-7(5-8)3-4-15-11(9)10(14)6-13/h1-2,5,10-11,14H,3-4,6,13H2/t10-,11+/m1/s1. The largest absolute Gasteiger partial charge is 0.389 e. The van der Waals surface area contributed by atoms with Gasteiger partial charge in [0.15, 0.2) is 0 Å². The third kappa shape index (κ3) is 2.02. The van der Waals surface area contributed by atoms with Crippen LogP contribution in [0.3, 0.4) is 0 Å². The van der Waals surface area contributed by atoms with Gasteiger partial charge in [0.2, 0.25) is 0 Å². The fraction of sp³-hybridized carbons (Fsp3) is 0.455. The van der Waals surface area contributed by atoms with Crippen molar-refractivity contribution in [3.05, 3.63) is 35.1 Å². The molecule has 0 spiro atoms. The Morgan fingerprint density at radius 3 is 3.13 bits per heavy atom. The lowest BCUT2D eigenvalue weighted by Crippen LogP contribution is -2.32. The SMILES string of the molecule is NC[C@@H](O)[C@H]1OCCc2cc(F)ccc21. The van der Waals surface area contributed by atoms with Gasteiger partial charge in [-0.15, -0.1) is 0 Å². The van der Waals surface area contributed by atoms with Crippen molar-refractivity contribution in [2.75, 3.05) is 13.2 Å². The van der Waals surface area contributed by atoms with Gasteiger partial charge in [-0.1, -0.05) is 6.07 Å². The van der Waals surface area contributed by atoms with Crippen LogP contribution in [0.4, 0.5) is 4.39 Å². The van der Waals surface area contributed by atoms with Crippen LogP contribution in [0.5, 0.6) is 0 Å². The lowest BCUT2D eigenvalue weighted by molar-refractivity contribution is -0.0424. The van der Waals surface area contributed by atoms with E-state index in [1.54, 1.807) is 6.07 Å². The molecule has 4 heteroatoms. The first-order chi connectivity index (χ1) is 7.22. The van der Waals surface area contributed by atoms with Crippen LogP contribution in [0.2, 0.25) is 0 Å². The Kier molecular flexibility index (Phi) is 3.00. The second-order valence-corrected chi connectivity index (χ2v) is 3.69. The van der Waals surface area contributed by atoms with Crippen molar-refractivity contribution in [2.24, 2.45) is 5.73 Å². The number of hydrogen-bond donors (Lipinski definition) is 2. The molecule has 1 aromatic carbocycles. The Morgan fingerprint density at radius 1 is 1.60 bits per heavy atom. The normalized spacial score (nSPS) is 22.2. The first kappa shape index (κ1) is 10.5. The number of hydrogen-bond acceptors (Lipinski definition) is 3. The molecule has 1 aromatic rings. The maximum atomic E-state index is 13.0. The maximum absolute atomic E-state index is 13.0. The number of aliphatic hydroxyl groups is 1. The van der Waals surface area contributed by atoms with Crippen molar-refractivity contribution < 1.29 is 14.2 Å². The van der Waals surface area contributed by atoms with E-state index < -0.39 is 12.2 Å². The van der Waals surface area contributed by atoms with Crippen LogP contribution in [-0.4, -0.2) is 24.4 Å². The molecule has 3 nitrogen and oxygen atoms in total. The Bertz CT molecular complexity index is 356. The molecule has 1 aliphatic rings. The van der Waals surface area contributed by atoms with E-state index in [2.05, 4.69) is 0 Å². The van der Waals surface area contributed by atoms with Gasteiger partial charge in [0.25, 0.3) is 0 Å². The zero-order chi connectivity index (χ0) is 10.8. The number of nitrogens with two attached hydrogens (primary N) is 1. The van der Waals surface area contributed by atoms with Crippen LogP contribution in [0.25, 0.3) is 0 Å². The Morgan fingerprint density at radius 2 is 2.40 bits per heavy atom. The molecule has 0 saturated heterocycles. The van der Waals surface area contributed by atoms with Gasteiger partial charge in [-0.05, 0) is 29.7 Å². The smallest absolute Gasteiger partial charge is 0.123 e. The van der Waals surface area contributed by atoms with Crippen molar-refractivity contribution in [3.63, 3.8) is 0 Å². The van der Waals surface area contributed by atoms with E-state index in [1.807, 2.05) is 0 Å². The number of benzene rings is 1. The zero-order valence-corrected chi connectivity index (χ0v) is 8.32. The van der Waals surface area contributed by atoms with E-state index >= 15 is 0 Å². The minimum Gasteiger partial charge on any atom is -0.389 e. The molecule has 0 unspecified atom stereocenters. The molecule has 3 N–H and O–H groups in total. The molecular weight excluding hydrogens is 197 g/mol. The van der Waals surface area contributed by atoms with E-state index in [0.717, 1.165) is 11.1 Å². The molecular formula is C11H14FNO2. The molecule has 0 saturated carbocycles. The summed E-state index contributed by atoms with van der Waals surface area (Å²) >= 11 is 0. The van der Waals surface area contributed by atoms with Gasteiger partial charge in [-0.2, -0.15) is 0 Å². The van der Waals surface area contributed by atoms with E-state index in [0.29, 0.717) is 13.0 Å². The summed E-state index contributed by atoms with van der Waals surface area (Å²) in [6.07, 6.45) is -0.463. The third-order valence-electron chi connectivity index (χ3n) is 2.67. The van der Waals surface area contributed by atoms with Gasteiger partial charge in [0.05, 0.1) is 12.7 Å². The second kappa shape index (κ2) is 4.26. The number of ether oxygens (including phenoxy) is 1. The van der Waals surface area contributed by atoms with Crippen LogP contribution in [0.1, 0.15) is 17.2 Å². The van der Waals surface area contributed by atoms with Crippen molar-refractivity contribution in [2.45, 2.75) is 18.6 Å². The topological polar surface area (TPSA) is 55.5 Å². The van der Waals surface area contributed by atoms with Crippen LogP contribution < -0.4 is 5.73 Å². The lowest BCUT2D eigenvalue weighted by atomic mass is 9.94. The summed E-state index contributed by atoms with van der Waals surface area (Å²) in [4.78, 5) is 0. The van der Waals surface area contributed by atoms with E-state index in [4.69, 9.17) is 10.5 Å². The Balaban J connectivity index is 2.34. The summed E-state index contributed by atoms with van der Waals surface area (Å²) in [6, 6.07) is 4.53. The van der Waals surface area contributed by atoms with Crippen LogP contribution >= 0.6 is 0 Å². The highest BCUT2D eigenvalue weighted by atomic mass is 19.1. The maximum Gasteiger partial charge on any atom is 0.123 e. The molecule has 2 rings (SSSR count). The van der Waals surface area contributed by atoms with Crippen LogP contribution in [0, 0.1) is 5.82 Å². The second-order valence-electron chi connectivity index (χ2n) is 3.69. The highest BCUT2D eigenvalue weighted by molar-refractivity contribution is 5.32. The molecule has 2 atom stereocenters. The molecule has 1 heterocycles. The minimum absolute atomic E-state index is 0.140. The predicted octanol–water partition coefficient (Wildman–Crippen LogP) is 0.759. The molecule has 0 radical (unpaired) electrons. The van der Waals surface area contributed by atoms with Crippen LogP contribution in [-0.2, 0) is 11.2 Å². The molecule has 0 aromatic heterocycles. The predicted molar refractivity (Wildman–Crippen MR) is 53.9 cm³/mol. The lowest BCUT2D eigenvalue weighted by Gasteiger charge is -2.29. The molecule has 1 aliphatic heterocycles. The summed E-state index contributed by atoms with van der Waals surface area (Å²) in [5.41, 5.74) is 7.14. The summed E-state index contributed by atoms with van der Waals surface area (Å²) in [7, 11) is 0. The molecule has 0 aliphatic carbocycles. The average Bonchev–Trinajstić information content (AvgIpc) is 2.26. The Labute approximate surface area is 87.7 Å². The van der Waals surface area contributed by atoms with E-state index in [-0.39, 0.29) is 12.4 Å². The van der Waals surface area contributed by atoms with Crippen molar-refractivity contribution in [1.82, 2.24) is 0 Å². The third-order valence-corrected chi connectivity index (χ3v) is 2.67. The van der Waals surface area contributed by atoms with Gasteiger partial charge in [0.1, 0.15) is 11.9 Å².